The topological polar surface area (TPSA) is 60.9 Å². The Hall–Kier alpha value is -1.88. The monoisotopic (exact) mass is 292 g/mol. The molecule has 21 heavy (non-hydrogen) atoms. The number of aliphatic hydroxyl groups is 1. The maximum absolute atomic E-state index is 12.3. The zero-order valence-corrected chi connectivity index (χ0v) is 12.8. The molecule has 1 rings (SSSR count). The van der Waals surface area contributed by atoms with Crippen LogP contribution >= 0.6 is 0 Å². The highest BCUT2D eigenvalue weighted by Crippen LogP contribution is 2.06. The van der Waals surface area contributed by atoms with Gasteiger partial charge in [-0.1, -0.05) is 43.7 Å². The van der Waals surface area contributed by atoms with E-state index in [1.807, 2.05) is 37.3 Å². The standard InChI is InChI=1S/C16H24N2O3/c1-3-4-10-17(2)15(20)16(21)18(11-12-19)13-14-8-6-5-7-9-14/h5-9,19H,3-4,10-13H2,1-2H3. The molecule has 1 aromatic rings. The summed E-state index contributed by atoms with van der Waals surface area (Å²) in [4.78, 5) is 27.2. The van der Waals surface area contributed by atoms with E-state index in [0.717, 1.165) is 18.4 Å². The first kappa shape index (κ1) is 17.2. The maximum Gasteiger partial charge on any atom is 0.312 e. The normalized spacial score (nSPS) is 10.2. The average Bonchev–Trinajstić information content (AvgIpc) is 2.51. The second-order valence-corrected chi connectivity index (χ2v) is 5.02. The van der Waals surface area contributed by atoms with Gasteiger partial charge in [0.15, 0.2) is 0 Å². The van der Waals surface area contributed by atoms with Crippen LogP contribution in [0, 0.1) is 0 Å². The highest BCUT2D eigenvalue weighted by Gasteiger charge is 2.24. The highest BCUT2D eigenvalue weighted by atomic mass is 16.3. The molecular weight excluding hydrogens is 268 g/mol. The Balaban J connectivity index is 2.70. The predicted molar refractivity (Wildman–Crippen MR) is 81.5 cm³/mol. The fourth-order valence-electron chi connectivity index (χ4n) is 1.97. The van der Waals surface area contributed by atoms with Gasteiger partial charge in [-0.05, 0) is 12.0 Å². The van der Waals surface area contributed by atoms with E-state index in [2.05, 4.69) is 0 Å². The highest BCUT2D eigenvalue weighted by molar-refractivity contribution is 6.34. The van der Waals surface area contributed by atoms with Crippen molar-refractivity contribution < 1.29 is 14.7 Å². The molecule has 0 aromatic heterocycles. The Bertz CT molecular complexity index is 448. The van der Waals surface area contributed by atoms with Gasteiger partial charge in [0, 0.05) is 26.7 Å². The van der Waals surface area contributed by atoms with Crippen molar-refractivity contribution in [3.8, 4) is 0 Å². The maximum atomic E-state index is 12.3. The number of rotatable bonds is 7. The van der Waals surface area contributed by atoms with Gasteiger partial charge < -0.3 is 14.9 Å². The molecule has 2 amide bonds. The SMILES string of the molecule is CCCCN(C)C(=O)C(=O)N(CCO)Cc1ccccc1. The molecule has 0 saturated carbocycles. The van der Waals surface area contributed by atoms with E-state index in [9.17, 15) is 9.59 Å². The molecular formula is C16H24N2O3. The van der Waals surface area contributed by atoms with Gasteiger partial charge in [-0.15, -0.1) is 0 Å². The number of carbonyl (C=O) groups excluding carboxylic acids is 2. The number of nitrogens with zero attached hydrogens (tertiary/aromatic N) is 2. The summed E-state index contributed by atoms with van der Waals surface area (Å²) in [5.41, 5.74) is 0.934. The van der Waals surface area contributed by atoms with Crippen LogP contribution in [0.2, 0.25) is 0 Å². The third-order valence-electron chi connectivity index (χ3n) is 3.25. The fraction of sp³-hybridized carbons (Fsp3) is 0.500. The average molecular weight is 292 g/mol. The third-order valence-corrected chi connectivity index (χ3v) is 3.25. The van der Waals surface area contributed by atoms with Crippen molar-refractivity contribution in [1.29, 1.82) is 0 Å². The number of hydrogen-bond acceptors (Lipinski definition) is 3. The molecule has 0 fully saturated rings. The van der Waals surface area contributed by atoms with Crippen LogP contribution in [0.15, 0.2) is 30.3 Å². The summed E-state index contributed by atoms with van der Waals surface area (Å²) in [7, 11) is 1.63. The molecule has 0 atom stereocenters. The van der Waals surface area contributed by atoms with Crippen LogP contribution < -0.4 is 0 Å². The molecule has 1 N–H and O–H groups in total. The zero-order valence-electron chi connectivity index (χ0n) is 12.8. The lowest BCUT2D eigenvalue weighted by Gasteiger charge is -2.24. The van der Waals surface area contributed by atoms with Crippen molar-refractivity contribution in [2.75, 3.05) is 26.7 Å². The molecule has 1 aromatic carbocycles. The van der Waals surface area contributed by atoms with Crippen molar-refractivity contribution in [1.82, 2.24) is 9.80 Å². The fourth-order valence-corrected chi connectivity index (χ4v) is 1.97. The van der Waals surface area contributed by atoms with Gasteiger partial charge in [-0.25, -0.2) is 0 Å². The van der Waals surface area contributed by atoms with Crippen molar-refractivity contribution in [3.63, 3.8) is 0 Å². The minimum atomic E-state index is -0.563. The van der Waals surface area contributed by atoms with Gasteiger partial charge in [-0.2, -0.15) is 0 Å². The molecule has 0 aliphatic heterocycles. The van der Waals surface area contributed by atoms with Gasteiger partial charge in [-0.3, -0.25) is 9.59 Å². The van der Waals surface area contributed by atoms with Gasteiger partial charge in [0.05, 0.1) is 6.61 Å². The van der Waals surface area contributed by atoms with Crippen molar-refractivity contribution in [3.05, 3.63) is 35.9 Å². The molecule has 0 unspecified atom stereocenters. The number of aliphatic hydroxyl groups excluding tert-OH is 1. The first-order chi connectivity index (χ1) is 10.1. The summed E-state index contributed by atoms with van der Waals surface area (Å²) in [6.45, 7) is 2.92. The van der Waals surface area contributed by atoms with Crippen LogP contribution in [0.1, 0.15) is 25.3 Å². The van der Waals surface area contributed by atoms with E-state index in [1.54, 1.807) is 7.05 Å². The van der Waals surface area contributed by atoms with Gasteiger partial charge in [0.1, 0.15) is 0 Å². The van der Waals surface area contributed by atoms with Crippen LogP contribution in [0.4, 0.5) is 0 Å². The van der Waals surface area contributed by atoms with E-state index >= 15 is 0 Å². The minimum absolute atomic E-state index is 0.154. The van der Waals surface area contributed by atoms with E-state index in [1.165, 1.54) is 9.80 Å². The number of hydrogen-bond donors (Lipinski definition) is 1. The molecule has 5 heteroatoms. The Morgan fingerprint density at radius 3 is 2.33 bits per heavy atom. The molecule has 0 aliphatic carbocycles. The molecule has 0 saturated heterocycles. The second-order valence-electron chi connectivity index (χ2n) is 5.02. The van der Waals surface area contributed by atoms with E-state index in [0.29, 0.717) is 13.1 Å². The third kappa shape index (κ3) is 5.55. The molecule has 0 bridgehead atoms. The Morgan fingerprint density at radius 2 is 1.76 bits per heavy atom. The molecule has 0 spiro atoms. The summed E-state index contributed by atoms with van der Waals surface area (Å²) in [5, 5.41) is 9.11. The Morgan fingerprint density at radius 1 is 1.10 bits per heavy atom. The van der Waals surface area contributed by atoms with Crippen LogP contribution in [-0.2, 0) is 16.1 Å². The van der Waals surface area contributed by atoms with Crippen molar-refractivity contribution in [2.24, 2.45) is 0 Å². The van der Waals surface area contributed by atoms with Crippen LogP contribution in [0.5, 0.6) is 0 Å². The quantitative estimate of drug-likeness (QED) is 0.770. The van der Waals surface area contributed by atoms with Gasteiger partial charge in [0.2, 0.25) is 0 Å². The van der Waals surface area contributed by atoms with E-state index in [4.69, 9.17) is 5.11 Å². The summed E-state index contributed by atoms with van der Waals surface area (Å²) < 4.78 is 0. The number of carbonyl (C=O) groups is 2. The number of unbranched alkanes of at least 4 members (excludes halogenated alkanes) is 1. The number of benzene rings is 1. The van der Waals surface area contributed by atoms with Crippen molar-refractivity contribution >= 4 is 11.8 Å². The lowest BCUT2D eigenvalue weighted by Crippen LogP contribution is -2.44. The summed E-state index contributed by atoms with van der Waals surface area (Å²) in [6, 6.07) is 9.44. The zero-order chi connectivity index (χ0) is 15.7. The van der Waals surface area contributed by atoms with E-state index < -0.39 is 11.8 Å². The molecule has 5 nitrogen and oxygen atoms in total. The Labute approximate surface area is 126 Å². The first-order valence-electron chi connectivity index (χ1n) is 7.29. The summed E-state index contributed by atoms with van der Waals surface area (Å²) in [6.07, 6.45) is 1.84. The lowest BCUT2D eigenvalue weighted by atomic mass is 10.2. The predicted octanol–water partition coefficient (Wildman–Crippen LogP) is 1.27. The molecule has 116 valence electrons. The smallest absolute Gasteiger partial charge is 0.312 e. The van der Waals surface area contributed by atoms with Crippen LogP contribution in [0.3, 0.4) is 0 Å². The number of amides is 2. The van der Waals surface area contributed by atoms with Crippen molar-refractivity contribution in [2.45, 2.75) is 26.3 Å². The Kier molecular flexibility index (Phi) is 7.46. The van der Waals surface area contributed by atoms with E-state index in [-0.39, 0.29) is 13.2 Å². The second kappa shape index (κ2) is 9.13. The van der Waals surface area contributed by atoms with Crippen LogP contribution in [-0.4, -0.2) is 53.5 Å². The molecule has 0 radical (unpaired) electrons. The number of likely N-dealkylation sites (N-methyl/N-ethyl adjacent to an activating group) is 1. The first-order valence-corrected chi connectivity index (χ1v) is 7.29. The molecule has 0 heterocycles. The lowest BCUT2D eigenvalue weighted by molar-refractivity contribution is -0.151. The van der Waals surface area contributed by atoms with Gasteiger partial charge in [0.25, 0.3) is 0 Å². The minimum Gasteiger partial charge on any atom is -0.395 e. The largest absolute Gasteiger partial charge is 0.395 e. The molecule has 0 aliphatic rings. The summed E-state index contributed by atoms with van der Waals surface area (Å²) >= 11 is 0. The van der Waals surface area contributed by atoms with Crippen LogP contribution in [0.25, 0.3) is 0 Å². The van der Waals surface area contributed by atoms with Gasteiger partial charge >= 0.3 is 11.8 Å². The summed E-state index contributed by atoms with van der Waals surface area (Å²) in [5.74, 6) is -1.08.